The summed E-state index contributed by atoms with van der Waals surface area (Å²) in [6.45, 7) is 5.80. The molecule has 0 N–H and O–H groups in total. The molecule has 0 aliphatic heterocycles. The molecule has 6 nitrogen and oxygen atoms in total. The van der Waals surface area contributed by atoms with Crippen molar-refractivity contribution in [2.75, 3.05) is 24.7 Å². The number of ether oxygens (including phenoxy) is 1. The lowest BCUT2D eigenvalue weighted by molar-refractivity contribution is -0.131. The standard InChI is InChI=1S/C21H28N2O4S/c1-15-11-12-19(13-16(15)2)23(28(6,25)26)17(3)21(24)22(4)14-18-9-7-8-10-20(18)27-5/h7-13,17H,14H2,1-6H3/t17-/m0/s1. The van der Waals surface area contributed by atoms with Crippen molar-refractivity contribution in [3.63, 3.8) is 0 Å². The number of anilines is 1. The van der Waals surface area contributed by atoms with E-state index in [0.29, 0.717) is 18.0 Å². The number of sulfonamides is 1. The van der Waals surface area contributed by atoms with Crippen LogP contribution in [0.25, 0.3) is 0 Å². The molecule has 7 heteroatoms. The molecule has 0 heterocycles. The van der Waals surface area contributed by atoms with Gasteiger partial charge in [-0.2, -0.15) is 0 Å². The van der Waals surface area contributed by atoms with E-state index in [9.17, 15) is 13.2 Å². The molecule has 0 aromatic heterocycles. The molecule has 152 valence electrons. The molecule has 0 saturated heterocycles. The number of likely N-dealkylation sites (N-methyl/N-ethyl adjacent to an activating group) is 1. The molecule has 0 aliphatic rings. The number of methoxy groups -OCH3 is 1. The zero-order chi connectivity index (χ0) is 21.1. The van der Waals surface area contributed by atoms with E-state index in [-0.39, 0.29) is 5.91 Å². The second kappa shape index (κ2) is 8.65. The van der Waals surface area contributed by atoms with E-state index < -0.39 is 16.1 Å². The second-order valence-corrected chi connectivity index (χ2v) is 8.87. The Hall–Kier alpha value is -2.54. The SMILES string of the molecule is COc1ccccc1CN(C)C(=O)[C@H](C)N(c1ccc(C)c(C)c1)S(C)(=O)=O. The minimum atomic E-state index is -3.65. The summed E-state index contributed by atoms with van der Waals surface area (Å²) in [6.07, 6.45) is 1.12. The summed E-state index contributed by atoms with van der Waals surface area (Å²) in [5.41, 5.74) is 3.36. The monoisotopic (exact) mass is 404 g/mol. The zero-order valence-corrected chi connectivity index (χ0v) is 18.1. The summed E-state index contributed by atoms with van der Waals surface area (Å²) < 4.78 is 31.5. The molecule has 2 aromatic rings. The van der Waals surface area contributed by atoms with Gasteiger partial charge in [0.1, 0.15) is 11.8 Å². The van der Waals surface area contributed by atoms with Gasteiger partial charge in [-0.1, -0.05) is 24.3 Å². The summed E-state index contributed by atoms with van der Waals surface area (Å²) in [5.74, 6) is 0.387. The van der Waals surface area contributed by atoms with Gasteiger partial charge in [0.2, 0.25) is 15.9 Å². The van der Waals surface area contributed by atoms with Gasteiger partial charge < -0.3 is 9.64 Å². The number of aryl methyl sites for hydroxylation is 2. The van der Waals surface area contributed by atoms with Crippen LogP contribution >= 0.6 is 0 Å². The van der Waals surface area contributed by atoms with E-state index in [2.05, 4.69) is 0 Å². The van der Waals surface area contributed by atoms with Gasteiger partial charge in [-0.15, -0.1) is 0 Å². The van der Waals surface area contributed by atoms with Crippen LogP contribution in [0.15, 0.2) is 42.5 Å². The molecule has 28 heavy (non-hydrogen) atoms. The van der Waals surface area contributed by atoms with Crippen LogP contribution in [-0.2, 0) is 21.4 Å². The first-order chi connectivity index (χ1) is 13.1. The van der Waals surface area contributed by atoms with Crippen LogP contribution in [0.4, 0.5) is 5.69 Å². The van der Waals surface area contributed by atoms with Gasteiger partial charge in [0.15, 0.2) is 0 Å². The fraction of sp³-hybridized carbons (Fsp3) is 0.381. The van der Waals surface area contributed by atoms with E-state index in [4.69, 9.17) is 4.74 Å². The molecule has 0 bridgehead atoms. The average Bonchev–Trinajstić information content (AvgIpc) is 2.63. The third-order valence-corrected chi connectivity index (χ3v) is 6.03. The summed E-state index contributed by atoms with van der Waals surface area (Å²) in [6, 6.07) is 11.9. The number of carbonyl (C=O) groups excluding carboxylic acids is 1. The average molecular weight is 405 g/mol. The first-order valence-corrected chi connectivity index (χ1v) is 10.8. The largest absolute Gasteiger partial charge is 0.496 e. The Morgan fingerprint density at radius 3 is 2.32 bits per heavy atom. The van der Waals surface area contributed by atoms with Crippen molar-refractivity contribution >= 4 is 21.6 Å². The van der Waals surface area contributed by atoms with Crippen LogP contribution in [0, 0.1) is 13.8 Å². The van der Waals surface area contributed by atoms with Crippen LogP contribution in [0.5, 0.6) is 5.75 Å². The summed E-state index contributed by atoms with van der Waals surface area (Å²) in [7, 11) is -0.413. The quantitative estimate of drug-likeness (QED) is 0.711. The number of hydrogen-bond acceptors (Lipinski definition) is 4. The van der Waals surface area contributed by atoms with Crippen molar-refractivity contribution in [3.05, 3.63) is 59.2 Å². The molecule has 0 unspecified atom stereocenters. The van der Waals surface area contributed by atoms with Crippen LogP contribution in [0.2, 0.25) is 0 Å². The van der Waals surface area contributed by atoms with Crippen molar-refractivity contribution in [2.24, 2.45) is 0 Å². The molecular formula is C21H28N2O4S. The van der Waals surface area contributed by atoms with Crippen molar-refractivity contribution in [1.29, 1.82) is 0 Å². The molecule has 0 radical (unpaired) electrons. The fourth-order valence-corrected chi connectivity index (χ4v) is 4.31. The van der Waals surface area contributed by atoms with Gasteiger partial charge in [0.25, 0.3) is 0 Å². The molecule has 0 saturated carbocycles. The highest BCUT2D eigenvalue weighted by atomic mass is 32.2. The van der Waals surface area contributed by atoms with Crippen LogP contribution < -0.4 is 9.04 Å². The van der Waals surface area contributed by atoms with E-state index >= 15 is 0 Å². The van der Waals surface area contributed by atoms with Crippen LogP contribution in [-0.4, -0.2) is 45.7 Å². The first-order valence-electron chi connectivity index (χ1n) is 8.99. The number of nitrogens with zero attached hydrogens (tertiary/aromatic N) is 2. The first kappa shape index (κ1) is 21.8. The van der Waals surface area contributed by atoms with Crippen molar-refractivity contribution < 1.29 is 17.9 Å². The zero-order valence-electron chi connectivity index (χ0n) is 17.3. The molecule has 2 rings (SSSR count). The summed E-state index contributed by atoms with van der Waals surface area (Å²) in [5, 5.41) is 0. The Balaban J connectivity index is 2.31. The molecule has 1 amide bonds. The van der Waals surface area contributed by atoms with E-state index in [1.165, 1.54) is 9.21 Å². The van der Waals surface area contributed by atoms with Gasteiger partial charge >= 0.3 is 0 Å². The lowest BCUT2D eigenvalue weighted by atomic mass is 10.1. The third-order valence-electron chi connectivity index (χ3n) is 4.79. The molecule has 2 aromatic carbocycles. The maximum atomic E-state index is 13.0. The molecule has 0 aliphatic carbocycles. The number of hydrogen-bond donors (Lipinski definition) is 0. The topological polar surface area (TPSA) is 66.9 Å². The normalized spacial score (nSPS) is 12.4. The summed E-state index contributed by atoms with van der Waals surface area (Å²) >= 11 is 0. The molecule has 1 atom stereocenters. The van der Waals surface area contributed by atoms with Crippen molar-refractivity contribution in [2.45, 2.75) is 33.4 Å². The Morgan fingerprint density at radius 1 is 1.11 bits per heavy atom. The van der Waals surface area contributed by atoms with Gasteiger partial charge in [0, 0.05) is 19.2 Å². The van der Waals surface area contributed by atoms with E-state index in [0.717, 1.165) is 22.9 Å². The van der Waals surface area contributed by atoms with E-state index in [1.54, 1.807) is 33.2 Å². The van der Waals surface area contributed by atoms with Crippen molar-refractivity contribution in [3.8, 4) is 5.75 Å². The smallest absolute Gasteiger partial charge is 0.246 e. The van der Waals surface area contributed by atoms with Crippen LogP contribution in [0.3, 0.4) is 0 Å². The van der Waals surface area contributed by atoms with Gasteiger partial charge in [0.05, 0.1) is 19.1 Å². The lowest BCUT2D eigenvalue weighted by Gasteiger charge is -2.31. The van der Waals surface area contributed by atoms with Gasteiger partial charge in [-0.05, 0) is 50.1 Å². The highest BCUT2D eigenvalue weighted by Crippen LogP contribution is 2.25. The minimum Gasteiger partial charge on any atom is -0.496 e. The Morgan fingerprint density at radius 2 is 1.75 bits per heavy atom. The number of rotatable bonds is 7. The minimum absolute atomic E-state index is 0.297. The molecular weight excluding hydrogens is 376 g/mol. The Bertz CT molecular complexity index is 957. The number of carbonyl (C=O) groups is 1. The Labute approximate surface area is 167 Å². The highest BCUT2D eigenvalue weighted by Gasteiger charge is 2.31. The number of para-hydroxylation sites is 1. The maximum Gasteiger partial charge on any atom is 0.246 e. The van der Waals surface area contributed by atoms with Crippen molar-refractivity contribution in [1.82, 2.24) is 4.90 Å². The fourth-order valence-electron chi connectivity index (χ4n) is 3.15. The lowest BCUT2D eigenvalue weighted by Crippen LogP contribution is -2.48. The maximum absolute atomic E-state index is 13.0. The third kappa shape index (κ3) is 4.84. The van der Waals surface area contributed by atoms with Gasteiger partial charge in [-0.3, -0.25) is 9.10 Å². The molecule has 0 fully saturated rings. The predicted molar refractivity (Wildman–Crippen MR) is 112 cm³/mol. The summed E-state index contributed by atoms with van der Waals surface area (Å²) in [4.78, 5) is 14.6. The number of benzene rings is 2. The highest BCUT2D eigenvalue weighted by molar-refractivity contribution is 7.92. The van der Waals surface area contributed by atoms with Crippen LogP contribution in [0.1, 0.15) is 23.6 Å². The second-order valence-electron chi connectivity index (χ2n) is 7.01. The van der Waals surface area contributed by atoms with Gasteiger partial charge in [-0.25, -0.2) is 8.42 Å². The van der Waals surface area contributed by atoms with E-state index in [1.807, 2.05) is 44.2 Å². The predicted octanol–water partition coefficient (Wildman–Crippen LogP) is 3.13. The Kier molecular flexibility index (Phi) is 6.72. The molecule has 0 spiro atoms. The number of amides is 1.